The molecule has 0 saturated carbocycles. The molecule has 0 aliphatic carbocycles. The normalized spacial score (nSPS) is 20.7. The molecule has 1 aromatic heterocycles. The van der Waals surface area contributed by atoms with E-state index in [-0.39, 0.29) is 24.4 Å². The van der Waals surface area contributed by atoms with Gasteiger partial charge < -0.3 is 25.4 Å². The molecule has 0 unspecified atom stereocenters. The summed E-state index contributed by atoms with van der Waals surface area (Å²) in [5.41, 5.74) is 9.38. The van der Waals surface area contributed by atoms with Gasteiger partial charge in [-0.2, -0.15) is 0 Å². The molecule has 8 heteroatoms. The van der Waals surface area contributed by atoms with Gasteiger partial charge >= 0.3 is 5.97 Å². The number of carboxylic acid groups (broad SMARTS) is 1. The van der Waals surface area contributed by atoms with Crippen molar-refractivity contribution in [2.75, 3.05) is 11.5 Å². The van der Waals surface area contributed by atoms with Crippen LogP contribution in [0.3, 0.4) is 0 Å². The molecule has 4 rings (SSSR count). The fourth-order valence-electron chi connectivity index (χ4n) is 3.57. The van der Waals surface area contributed by atoms with E-state index in [0.29, 0.717) is 22.9 Å². The summed E-state index contributed by atoms with van der Waals surface area (Å²) in [5.74, 6) is -0.488. The highest BCUT2D eigenvalue weighted by molar-refractivity contribution is 7.99. The smallest absolute Gasteiger partial charge is 0.338 e. The number of aliphatic hydroxyl groups excluding tert-OH is 1. The summed E-state index contributed by atoms with van der Waals surface area (Å²) < 4.78 is 12.5. The molecule has 3 atom stereocenters. The van der Waals surface area contributed by atoms with Crippen LogP contribution in [0.4, 0.5) is 5.69 Å². The number of carbonyl (C=O) groups is 1. The van der Waals surface area contributed by atoms with E-state index in [4.69, 9.17) is 15.2 Å². The van der Waals surface area contributed by atoms with Gasteiger partial charge in [0, 0.05) is 29.6 Å². The number of pyridine rings is 1. The molecule has 0 bridgehead atoms. The number of ether oxygens (including phenoxy) is 2. The van der Waals surface area contributed by atoms with Crippen molar-refractivity contribution < 1.29 is 24.5 Å². The monoisotopic (exact) mass is 452 g/mol. The van der Waals surface area contributed by atoms with Crippen LogP contribution in [0, 0.1) is 0 Å². The number of aliphatic hydroxyl groups is 1. The van der Waals surface area contributed by atoms with Gasteiger partial charge in [-0.3, -0.25) is 0 Å². The third-order valence-electron chi connectivity index (χ3n) is 5.21. The summed E-state index contributed by atoms with van der Waals surface area (Å²) >= 11 is 1.36. The van der Waals surface area contributed by atoms with E-state index in [1.54, 1.807) is 24.4 Å². The Morgan fingerprint density at radius 1 is 1.09 bits per heavy atom. The van der Waals surface area contributed by atoms with Crippen LogP contribution in [0.2, 0.25) is 0 Å². The van der Waals surface area contributed by atoms with Gasteiger partial charge in [0.15, 0.2) is 6.29 Å². The lowest BCUT2D eigenvalue weighted by Gasteiger charge is -2.36. The van der Waals surface area contributed by atoms with Gasteiger partial charge in [0.1, 0.15) is 5.03 Å². The summed E-state index contributed by atoms with van der Waals surface area (Å²) in [4.78, 5) is 15.7. The molecule has 4 N–H and O–H groups in total. The van der Waals surface area contributed by atoms with Crippen LogP contribution in [0.15, 0.2) is 71.9 Å². The lowest BCUT2D eigenvalue weighted by atomic mass is 10.0. The van der Waals surface area contributed by atoms with Crippen LogP contribution in [-0.4, -0.2) is 33.0 Å². The first kappa shape index (κ1) is 22.3. The van der Waals surface area contributed by atoms with Crippen molar-refractivity contribution in [3.8, 4) is 0 Å². The number of nitrogens with zero attached hydrogens (tertiary/aromatic N) is 1. The summed E-state index contributed by atoms with van der Waals surface area (Å²) in [5, 5.41) is 19.2. The molecule has 2 aromatic carbocycles. The highest BCUT2D eigenvalue weighted by Gasteiger charge is 2.32. The number of hydrogen-bond acceptors (Lipinski definition) is 7. The van der Waals surface area contributed by atoms with Gasteiger partial charge in [0.05, 0.1) is 24.4 Å². The summed E-state index contributed by atoms with van der Waals surface area (Å²) in [6.07, 6.45) is 1.14. The zero-order chi connectivity index (χ0) is 22.5. The van der Waals surface area contributed by atoms with Crippen molar-refractivity contribution >= 4 is 23.4 Å². The molecular formula is C24H24N2O5S. The van der Waals surface area contributed by atoms with Gasteiger partial charge in [-0.05, 0) is 35.4 Å². The number of carboxylic acids is 1. The van der Waals surface area contributed by atoms with Crippen LogP contribution in [-0.2, 0) is 16.1 Å². The molecule has 0 radical (unpaired) electrons. The first-order chi connectivity index (χ1) is 15.5. The molecule has 1 saturated heterocycles. The third kappa shape index (κ3) is 5.28. The maximum Gasteiger partial charge on any atom is 0.338 e. The van der Waals surface area contributed by atoms with E-state index in [9.17, 15) is 15.0 Å². The average molecular weight is 453 g/mol. The maximum atomic E-state index is 11.5. The van der Waals surface area contributed by atoms with Crippen LogP contribution >= 0.6 is 11.8 Å². The Morgan fingerprint density at radius 3 is 2.62 bits per heavy atom. The molecule has 2 heterocycles. The fraction of sp³-hybridized carbons (Fsp3) is 0.250. The van der Waals surface area contributed by atoms with Gasteiger partial charge in [-0.1, -0.05) is 36.4 Å². The predicted octanol–water partition coefficient (Wildman–Crippen LogP) is 4.19. The molecular weight excluding hydrogens is 428 g/mol. The molecule has 1 aliphatic heterocycles. The summed E-state index contributed by atoms with van der Waals surface area (Å²) in [6, 6.07) is 18.2. The van der Waals surface area contributed by atoms with Crippen molar-refractivity contribution in [1.29, 1.82) is 0 Å². The summed E-state index contributed by atoms with van der Waals surface area (Å²) in [7, 11) is 0. The van der Waals surface area contributed by atoms with E-state index in [1.165, 1.54) is 11.8 Å². The molecule has 0 spiro atoms. The highest BCUT2D eigenvalue weighted by Crippen LogP contribution is 2.39. The third-order valence-corrected chi connectivity index (χ3v) is 6.34. The lowest BCUT2D eigenvalue weighted by molar-refractivity contribution is -0.245. The number of aromatic nitrogens is 1. The van der Waals surface area contributed by atoms with E-state index in [2.05, 4.69) is 4.98 Å². The topological polar surface area (TPSA) is 115 Å². The minimum Gasteiger partial charge on any atom is -0.478 e. The standard InChI is InChI=1S/C24H24N2O5S/c25-18-4-1-3-17(11-18)24-30-19(14-32-22-20(23(28)29)5-2-10-26-22)12-21(31-24)16-8-6-15(13-27)7-9-16/h1-11,19,21,24,27H,12-14,25H2,(H,28,29)/t19-,21+,24+/m0/s1. The molecule has 166 valence electrons. The maximum absolute atomic E-state index is 11.5. The van der Waals surface area contributed by atoms with Crippen molar-refractivity contribution in [2.45, 2.75) is 36.6 Å². The van der Waals surface area contributed by atoms with E-state index < -0.39 is 12.3 Å². The number of rotatable bonds is 7. The van der Waals surface area contributed by atoms with Crippen LogP contribution in [0.1, 0.15) is 45.9 Å². The second-order valence-electron chi connectivity index (χ2n) is 7.49. The minimum atomic E-state index is -1.01. The molecule has 7 nitrogen and oxygen atoms in total. The van der Waals surface area contributed by atoms with E-state index in [0.717, 1.165) is 16.7 Å². The van der Waals surface area contributed by atoms with Crippen molar-refractivity contribution in [3.63, 3.8) is 0 Å². The number of hydrogen-bond donors (Lipinski definition) is 3. The molecule has 0 amide bonds. The quantitative estimate of drug-likeness (QED) is 0.361. The molecule has 1 aliphatic rings. The van der Waals surface area contributed by atoms with Gasteiger partial charge in [-0.25, -0.2) is 9.78 Å². The number of aromatic carboxylic acids is 1. The number of thioether (sulfide) groups is 1. The number of benzene rings is 2. The zero-order valence-electron chi connectivity index (χ0n) is 17.3. The van der Waals surface area contributed by atoms with Crippen LogP contribution in [0.25, 0.3) is 0 Å². The van der Waals surface area contributed by atoms with Crippen molar-refractivity contribution in [3.05, 3.63) is 89.1 Å². The van der Waals surface area contributed by atoms with Crippen molar-refractivity contribution in [2.24, 2.45) is 0 Å². The first-order valence-electron chi connectivity index (χ1n) is 10.2. The fourth-order valence-corrected chi connectivity index (χ4v) is 4.57. The first-order valence-corrected chi connectivity index (χ1v) is 11.2. The minimum absolute atomic E-state index is 0.0178. The Balaban J connectivity index is 1.55. The Bertz CT molecular complexity index is 1080. The SMILES string of the molecule is Nc1cccc([C@@H]2O[C@H](CSc3ncccc3C(=O)O)C[C@H](c3ccc(CO)cc3)O2)c1. The molecule has 32 heavy (non-hydrogen) atoms. The summed E-state index contributed by atoms with van der Waals surface area (Å²) in [6.45, 7) is -0.0178. The van der Waals surface area contributed by atoms with Gasteiger partial charge in [0.2, 0.25) is 0 Å². The second kappa shape index (κ2) is 10.1. The lowest BCUT2D eigenvalue weighted by Crippen LogP contribution is -2.31. The van der Waals surface area contributed by atoms with E-state index >= 15 is 0 Å². The Kier molecular flexibility index (Phi) is 7.06. The molecule has 1 fully saturated rings. The number of nitrogens with two attached hydrogens (primary N) is 1. The van der Waals surface area contributed by atoms with Gasteiger partial charge in [-0.15, -0.1) is 11.8 Å². The number of nitrogen functional groups attached to an aromatic ring is 1. The zero-order valence-corrected chi connectivity index (χ0v) is 18.1. The largest absolute Gasteiger partial charge is 0.478 e. The second-order valence-corrected chi connectivity index (χ2v) is 8.50. The Morgan fingerprint density at radius 2 is 1.91 bits per heavy atom. The van der Waals surface area contributed by atoms with Crippen molar-refractivity contribution in [1.82, 2.24) is 4.98 Å². The van der Waals surface area contributed by atoms with E-state index in [1.807, 2.05) is 42.5 Å². The Hall–Kier alpha value is -2.91. The highest BCUT2D eigenvalue weighted by atomic mass is 32.2. The number of anilines is 1. The van der Waals surface area contributed by atoms with Crippen LogP contribution < -0.4 is 5.73 Å². The van der Waals surface area contributed by atoms with Gasteiger partial charge in [0.25, 0.3) is 0 Å². The molecule has 3 aromatic rings. The average Bonchev–Trinajstić information content (AvgIpc) is 2.82. The Labute approximate surface area is 190 Å². The predicted molar refractivity (Wildman–Crippen MR) is 121 cm³/mol. The van der Waals surface area contributed by atoms with Crippen LogP contribution in [0.5, 0.6) is 0 Å².